The molecule has 0 saturated carbocycles. The Kier molecular flexibility index (Phi) is 15.3. The quantitative estimate of drug-likeness (QED) is 0.327. The van der Waals surface area contributed by atoms with Crippen LogP contribution in [0.1, 0.15) is 85.5 Å². The fourth-order valence-electron chi connectivity index (χ4n) is 6.06. The molecule has 0 fully saturated rings. The van der Waals surface area contributed by atoms with Gasteiger partial charge in [-0.15, -0.1) is 0 Å². The van der Waals surface area contributed by atoms with E-state index in [1.165, 1.54) is 0 Å². The van der Waals surface area contributed by atoms with Gasteiger partial charge in [0.1, 0.15) is 0 Å². The smallest absolute Gasteiger partial charge is 0.0845 e. The molecule has 0 atom stereocenters. The number of aromatic nitrogens is 3. The van der Waals surface area contributed by atoms with Crippen LogP contribution in [0, 0.1) is 10.8 Å². The second-order valence-electron chi connectivity index (χ2n) is 12.8. The number of rotatable bonds is 0. The molecule has 0 radical (unpaired) electrons. The van der Waals surface area contributed by atoms with Crippen LogP contribution in [0.2, 0.25) is 0 Å². The molecule has 0 spiro atoms. The van der Waals surface area contributed by atoms with Crippen molar-refractivity contribution in [1.82, 2.24) is 24.8 Å². The van der Waals surface area contributed by atoms with Gasteiger partial charge in [0.15, 0.2) is 0 Å². The Labute approximate surface area is 296 Å². The summed E-state index contributed by atoms with van der Waals surface area (Å²) in [6, 6.07) is 17.7. The van der Waals surface area contributed by atoms with E-state index in [4.69, 9.17) is 25.8 Å². The number of pyridine rings is 3. The van der Waals surface area contributed by atoms with E-state index in [1.54, 1.807) is 0 Å². The summed E-state index contributed by atoms with van der Waals surface area (Å²) in [7, 11) is 0. The Morgan fingerprint density at radius 1 is 0.400 bits per heavy atom. The second-order valence-corrected chi connectivity index (χ2v) is 12.8. The largest absolute Gasteiger partial charge is 0.303 e. The summed E-state index contributed by atoms with van der Waals surface area (Å²) in [5.41, 5.74) is 5.76. The average Bonchev–Trinajstić information content (AvgIpc) is 3.13. The lowest BCUT2D eigenvalue weighted by molar-refractivity contribution is 0.268. The molecule has 0 aliphatic carbocycles. The summed E-state index contributed by atoms with van der Waals surface area (Å²) in [6.45, 7) is 8.30. The van der Waals surface area contributed by atoms with Crippen LogP contribution in [0.3, 0.4) is 0 Å². The minimum Gasteiger partial charge on any atom is -0.303 e. The maximum Gasteiger partial charge on any atom is 0.0845 e. The zero-order chi connectivity index (χ0) is 34.6. The number of nitrogens with zero attached hydrogens (tertiary/aromatic N) is 9. The number of nitrogens with one attached hydrogen (secondary N) is 2. The van der Waals surface area contributed by atoms with Crippen molar-refractivity contribution in [3.63, 3.8) is 0 Å². The van der Waals surface area contributed by atoms with Gasteiger partial charge in [0.05, 0.1) is 45.6 Å². The van der Waals surface area contributed by atoms with Crippen LogP contribution < -0.4 is 0 Å². The summed E-state index contributed by atoms with van der Waals surface area (Å²) < 4.78 is 0. The number of fused-ring (bicyclic) bond motifs is 12. The van der Waals surface area contributed by atoms with Crippen molar-refractivity contribution in [2.45, 2.75) is 51.4 Å². The Morgan fingerprint density at radius 3 is 1.08 bits per heavy atom. The lowest BCUT2D eigenvalue weighted by atomic mass is 10.1. The van der Waals surface area contributed by atoms with E-state index in [2.05, 4.69) is 29.8 Å². The number of hydrogen-bond acceptors (Lipinski definition) is 11. The molecule has 3 aromatic heterocycles. The predicted molar refractivity (Wildman–Crippen MR) is 206 cm³/mol. The third-order valence-electron chi connectivity index (χ3n) is 8.69. The van der Waals surface area contributed by atoms with Crippen molar-refractivity contribution >= 4 is 36.3 Å². The van der Waals surface area contributed by atoms with Crippen LogP contribution in [0.4, 0.5) is 0 Å². The van der Waals surface area contributed by atoms with Crippen molar-refractivity contribution in [3.05, 3.63) is 88.8 Å². The van der Waals surface area contributed by atoms with E-state index < -0.39 is 0 Å². The molecular weight excluding hydrogens is 623 g/mol. The molecule has 5 rings (SSSR count). The molecule has 0 unspecified atom stereocenters. The van der Waals surface area contributed by atoms with E-state index in [0.29, 0.717) is 35.7 Å². The highest BCUT2D eigenvalue weighted by Gasteiger charge is 2.12. The first-order chi connectivity index (χ1) is 24.6. The summed E-state index contributed by atoms with van der Waals surface area (Å²) >= 11 is 0. The van der Waals surface area contributed by atoms with E-state index >= 15 is 0 Å². The van der Waals surface area contributed by atoms with Gasteiger partial charge in [0.2, 0.25) is 0 Å². The Morgan fingerprint density at radius 2 is 0.720 bits per heavy atom. The molecule has 8 bridgehead atoms. The molecule has 0 amide bonds. The molecule has 5 heterocycles. The highest BCUT2D eigenvalue weighted by Crippen LogP contribution is 2.10. The molecular formula is C39H51N11. The number of aliphatic imine (C=N–C) groups is 4. The molecule has 0 saturated heterocycles. The fraction of sp³-hybridized carbons (Fsp3) is 0.462. The summed E-state index contributed by atoms with van der Waals surface area (Å²) in [6.07, 6.45) is 14.2. The summed E-state index contributed by atoms with van der Waals surface area (Å²) in [5, 5.41) is 17.6. The molecule has 3 aromatic rings. The normalized spacial score (nSPS) is 21.1. The van der Waals surface area contributed by atoms with Crippen molar-refractivity contribution in [2.75, 3.05) is 65.4 Å². The minimum atomic E-state index is 0.526. The van der Waals surface area contributed by atoms with Gasteiger partial charge in [-0.3, -0.25) is 20.0 Å². The first-order valence-electron chi connectivity index (χ1n) is 18.1. The fourth-order valence-corrected chi connectivity index (χ4v) is 6.06. The van der Waals surface area contributed by atoms with Gasteiger partial charge in [0, 0.05) is 51.0 Å². The third kappa shape index (κ3) is 13.0. The molecule has 50 heavy (non-hydrogen) atoms. The van der Waals surface area contributed by atoms with Crippen LogP contribution in [0.15, 0.2) is 74.6 Å². The standard InChI is InChI=1S/C39H51N11/c40-36-14-4-22-49-24-6-18-42-28-32-10-1-11-33(46-32)29-43-19-7-25-50(23-5-15-37(41)39-17-3-16-38(36)48-39)27-9-21-45-31-35-13-2-12-34(47-35)30-44-20-8-26-49/h1-3,10-13,16-17,28-31,40-41H,4-9,14-15,18-27H2. The van der Waals surface area contributed by atoms with Gasteiger partial charge in [-0.1, -0.05) is 18.2 Å². The second kappa shape index (κ2) is 20.8. The Hall–Kier alpha value is -4.61. The molecule has 11 nitrogen and oxygen atoms in total. The van der Waals surface area contributed by atoms with Crippen LogP contribution in [0.25, 0.3) is 0 Å². The van der Waals surface area contributed by atoms with Crippen molar-refractivity contribution < 1.29 is 0 Å². The molecule has 2 aliphatic rings. The van der Waals surface area contributed by atoms with Gasteiger partial charge in [-0.2, -0.15) is 0 Å². The van der Waals surface area contributed by atoms with E-state index in [-0.39, 0.29) is 0 Å². The van der Waals surface area contributed by atoms with Gasteiger partial charge in [-0.05, 0) is 127 Å². The average molecular weight is 674 g/mol. The SMILES string of the molecule is N=C1CCCN2CCCN=Cc3cccc(n3)C=NCCCN(CCCN=Cc3cccc(n3)C=NCCC2)CCCC(=N)c2cccc1n2. The van der Waals surface area contributed by atoms with Crippen molar-refractivity contribution in [1.29, 1.82) is 10.8 Å². The van der Waals surface area contributed by atoms with Gasteiger partial charge in [0.25, 0.3) is 0 Å². The van der Waals surface area contributed by atoms with Crippen molar-refractivity contribution in [3.8, 4) is 0 Å². The van der Waals surface area contributed by atoms with Gasteiger partial charge in [-0.25, -0.2) is 15.0 Å². The highest BCUT2D eigenvalue weighted by molar-refractivity contribution is 6.00. The number of hydrogen-bond donors (Lipinski definition) is 2. The molecule has 2 N–H and O–H groups in total. The zero-order valence-electron chi connectivity index (χ0n) is 29.3. The monoisotopic (exact) mass is 673 g/mol. The van der Waals surface area contributed by atoms with Gasteiger partial charge >= 0.3 is 0 Å². The maximum absolute atomic E-state index is 8.80. The highest BCUT2D eigenvalue weighted by atomic mass is 15.1. The zero-order valence-corrected chi connectivity index (χ0v) is 29.3. The van der Waals surface area contributed by atoms with Gasteiger partial charge < -0.3 is 20.6 Å². The lowest BCUT2D eigenvalue weighted by Crippen LogP contribution is -2.29. The van der Waals surface area contributed by atoms with E-state index in [0.717, 1.165) is 127 Å². The summed E-state index contributed by atoms with van der Waals surface area (Å²) in [4.78, 5) is 37.8. The molecule has 2 aliphatic heterocycles. The van der Waals surface area contributed by atoms with Crippen molar-refractivity contribution in [2.24, 2.45) is 20.0 Å². The maximum atomic E-state index is 8.80. The molecule has 0 aromatic carbocycles. The predicted octanol–water partition coefficient (Wildman–Crippen LogP) is 5.44. The van der Waals surface area contributed by atoms with E-state index in [9.17, 15) is 0 Å². The molecule has 262 valence electrons. The molecule has 11 heteroatoms. The third-order valence-corrected chi connectivity index (χ3v) is 8.69. The minimum absolute atomic E-state index is 0.526. The van der Waals surface area contributed by atoms with Crippen LogP contribution in [-0.4, -0.2) is 126 Å². The summed E-state index contributed by atoms with van der Waals surface area (Å²) in [5.74, 6) is 0. The first-order valence-corrected chi connectivity index (χ1v) is 18.1. The van der Waals surface area contributed by atoms with Crippen LogP contribution >= 0.6 is 0 Å². The van der Waals surface area contributed by atoms with E-state index in [1.807, 2.05) is 79.5 Å². The Balaban J connectivity index is 1.37. The van der Waals surface area contributed by atoms with Crippen LogP contribution in [0.5, 0.6) is 0 Å². The Bertz CT molecular complexity index is 1460. The lowest BCUT2D eigenvalue weighted by Gasteiger charge is -2.22. The topological polar surface area (TPSA) is 142 Å². The van der Waals surface area contributed by atoms with Crippen LogP contribution in [-0.2, 0) is 0 Å². The first kappa shape index (κ1) is 36.7.